The Morgan fingerprint density at radius 2 is 1.84 bits per heavy atom. The highest BCUT2D eigenvalue weighted by Crippen LogP contribution is 2.37. The van der Waals surface area contributed by atoms with E-state index in [1.54, 1.807) is 19.0 Å². The summed E-state index contributed by atoms with van der Waals surface area (Å²) in [5.74, 6) is -0.951. The number of nitrogens with zero attached hydrogens (tertiary/aromatic N) is 1. The fraction of sp³-hybridized carbons (Fsp3) is 0.417. The zero-order chi connectivity index (χ0) is 14.6. The summed E-state index contributed by atoms with van der Waals surface area (Å²) in [5.41, 5.74) is -3.64. The van der Waals surface area contributed by atoms with Gasteiger partial charge in [-0.2, -0.15) is 13.2 Å². The van der Waals surface area contributed by atoms with Crippen LogP contribution in [0.1, 0.15) is 18.0 Å². The Balaban J connectivity index is 2.86. The van der Waals surface area contributed by atoms with E-state index in [9.17, 15) is 18.0 Å². The van der Waals surface area contributed by atoms with Gasteiger partial charge in [-0.1, -0.05) is 12.1 Å². The molecule has 0 saturated carbocycles. The molecule has 0 heterocycles. The molecule has 1 rings (SSSR count). The standard InChI is InChI=1S/C12H14F3NO2S/c1-16(2)10(7-11(17)18)8-3-5-9(6-4-8)19-12(13,14)15/h3-6,10H,7H2,1-2H3,(H,17,18). The number of aliphatic carboxylic acids is 1. The van der Waals surface area contributed by atoms with E-state index in [0.29, 0.717) is 5.56 Å². The van der Waals surface area contributed by atoms with Crippen molar-refractivity contribution in [1.82, 2.24) is 4.90 Å². The Morgan fingerprint density at radius 3 is 2.21 bits per heavy atom. The maximum atomic E-state index is 12.2. The van der Waals surface area contributed by atoms with E-state index in [2.05, 4.69) is 0 Å². The molecule has 1 N–H and O–H groups in total. The van der Waals surface area contributed by atoms with Gasteiger partial charge in [-0.3, -0.25) is 4.79 Å². The second-order valence-electron chi connectivity index (χ2n) is 4.19. The van der Waals surface area contributed by atoms with Gasteiger partial charge in [0.15, 0.2) is 0 Å². The number of benzene rings is 1. The molecule has 0 aliphatic heterocycles. The maximum absolute atomic E-state index is 12.2. The molecule has 0 aromatic heterocycles. The highest BCUT2D eigenvalue weighted by Gasteiger charge is 2.29. The van der Waals surface area contributed by atoms with Crippen LogP contribution < -0.4 is 0 Å². The van der Waals surface area contributed by atoms with Crippen molar-refractivity contribution in [2.24, 2.45) is 0 Å². The van der Waals surface area contributed by atoms with Gasteiger partial charge in [0.1, 0.15) is 0 Å². The van der Waals surface area contributed by atoms with Crippen LogP contribution in [0.5, 0.6) is 0 Å². The van der Waals surface area contributed by atoms with Gasteiger partial charge in [0.05, 0.1) is 6.42 Å². The third-order valence-electron chi connectivity index (χ3n) is 2.49. The maximum Gasteiger partial charge on any atom is 0.446 e. The first-order valence-electron chi connectivity index (χ1n) is 5.43. The summed E-state index contributed by atoms with van der Waals surface area (Å²) in [5, 5.41) is 8.82. The summed E-state index contributed by atoms with van der Waals surface area (Å²) in [6.45, 7) is 0. The van der Waals surface area contributed by atoms with Crippen molar-refractivity contribution in [3.63, 3.8) is 0 Å². The van der Waals surface area contributed by atoms with Gasteiger partial charge in [0.2, 0.25) is 0 Å². The lowest BCUT2D eigenvalue weighted by molar-refractivity contribution is -0.138. The molecule has 106 valence electrons. The van der Waals surface area contributed by atoms with Crippen molar-refractivity contribution < 1.29 is 23.1 Å². The molecule has 3 nitrogen and oxygen atoms in total. The molecule has 0 amide bonds. The number of hydrogen-bond acceptors (Lipinski definition) is 3. The first kappa shape index (κ1) is 15.8. The average Bonchev–Trinajstić information content (AvgIpc) is 2.24. The van der Waals surface area contributed by atoms with E-state index in [1.807, 2.05) is 0 Å². The largest absolute Gasteiger partial charge is 0.481 e. The summed E-state index contributed by atoms with van der Waals surface area (Å²) in [4.78, 5) is 12.6. The van der Waals surface area contributed by atoms with E-state index >= 15 is 0 Å². The van der Waals surface area contributed by atoms with Gasteiger partial charge >= 0.3 is 11.5 Å². The van der Waals surface area contributed by atoms with Crippen LogP contribution in [-0.2, 0) is 4.79 Å². The lowest BCUT2D eigenvalue weighted by Gasteiger charge is -2.23. The fourth-order valence-electron chi connectivity index (χ4n) is 1.66. The molecule has 0 saturated heterocycles. The van der Waals surface area contributed by atoms with Crippen LogP contribution in [0.2, 0.25) is 0 Å². The van der Waals surface area contributed by atoms with Crippen LogP contribution in [0, 0.1) is 0 Å². The van der Waals surface area contributed by atoms with Crippen LogP contribution in [0.15, 0.2) is 29.2 Å². The third-order valence-corrected chi connectivity index (χ3v) is 3.23. The Kier molecular flexibility index (Phi) is 5.25. The van der Waals surface area contributed by atoms with Gasteiger partial charge < -0.3 is 10.0 Å². The van der Waals surface area contributed by atoms with Gasteiger partial charge in [-0.25, -0.2) is 0 Å². The summed E-state index contributed by atoms with van der Waals surface area (Å²) in [6, 6.07) is 5.41. The molecule has 0 aliphatic carbocycles. The quantitative estimate of drug-likeness (QED) is 0.845. The van der Waals surface area contributed by atoms with Crippen molar-refractivity contribution in [3.8, 4) is 0 Å². The van der Waals surface area contributed by atoms with E-state index < -0.39 is 11.5 Å². The van der Waals surface area contributed by atoms with Gasteiger partial charge in [-0.05, 0) is 43.6 Å². The summed E-state index contributed by atoms with van der Waals surface area (Å²) in [7, 11) is 3.46. The minimum atomic E-state index is -4.32. The molecular weight excluding hydrogens is 279 g/mol. The van der Waals surface area contributed by atoms with Crippen molar-refractivity contribution in [2.75, 3.05) is 14.1 Å². The number of carbonyl (C=O) groups is 1. The average molecular weight is 293 g/mol. The minimum Gasteiger partial charge on any atom is -0.481 e. The molecule has 1 atom stereocenters. The molecule has 19 heavy (non-hydrogen) atoms. The van der Waals surface area contributed by atoms with E-state index in [4.69, 9.17) is 5.11 Å². The molecule has 1 aromatic carbocycles. The molecular formula is C12H14F3NO2S. The molecule has 7 heteroatoms. The number of carboxylic acids is 1. The van der Waals surface area contributed by atoms with Gasteiger partial charge in [0, 0.05) is 10.9 Å². The third kappa shape index (κ3) is 5.52. The fourth-order valence-corrected chi connectivity index (χ4v) is 2.20. The second-order valence-corrected chi connectivity index (χ2v) is 5.33. The lowest BCUT2D eigenvalue weighted by atomic mass is 10.0. The van der Waals surface area contributed by atoms with Gasteiger partial charge in [0.25, 0.3) is 0 Å². The van der Waals surface area contributed by atoms with E-state index in [1.165, 1.54) is 24.3 Å². The minimum absolute atomic E-state index is 0.0871. The molecule has 0 bridgehead atoms. The predicted molar refractivity (Wildman–Crippen MR) is 67.0 cm³/mol. The predicted octanol–water partition coefficient (Wildman–Crippen LogP) is 3.38. The van der Waals surface area contributed by atoms with Crippen molar-refractivity contribution >= 4 is 17.7 Å². The zero-order valence-electron chi connectivity index (χ0n) is 10.4. The highest BCUT2D eigenvalue weighted by atomic mass is 32.2. The molecule has 0 radical (unpaired) electrons. The van der Waals surface area contributed by atoms with Crippen molar-refractivity contribution in [2.45, 2.75) is 22.9 Å². The van der Waals surface area contributed by atoms with Crippen LogP contribution in [0.3, 0.4) is 0 Å². The topological polar surface area (TPSA) is 40.5 Å². The Hall–Kier alpha value is -1.21. The van der Waals surface area contributed by atoms with Crippen LogP contribution >= 0.6 is 11.8 Å². The second kappa shape index (κ2) is 6.29. The first-order valence-corrected chi connectivity index (χ1v) is 6.24. The SMILES string of the molecule is CN(C)C(CC(=O)O)c1ccc(SC(F)(F)F)cc1. The number of carboxylic acid groups (broad SMARTS) is 1. The molecule has 1 aromatic rings. The molecule has 1 unspecified atom stereocenters. The number of hydrogen-bond donors (Lipinski definition) is 1. The normalized spacial score (nSPS) is 13.6. The summed E-state index contributed by atoms with van der Waals surface area (Å²) < 4.78 is 36.5. The summed E-state index contributed by atoms with van der Waals surface area (Å²) in [6.07, 6.45) is -0.0985. The monoisotopic (exact) mass is 293 g/mol. The smallest absolute Gasteiger partial charge is 0.446 e. The van der Waals surface area contributed by atoms with Crippen LogP contribution in [0.25, 0.3) is 0 Å². The van der Waals surface area contributed by atoms with Crippen molar-refractivity contribution in [3.05, 3.63) is 29.8 Å². The molecule has 0 aliphatic rings. The van der Waals surface area contributed by atoms with Crippen LogP contribution in [0.4, 0.5) is 13.2 Å². The lowest BCUT2D eigenvalue weighted by Crippen LogP contribution is -2.22. The molecule has 0 spiro atoms. The Labute approximate surface area is 113 Å². The van der Waals surface area contributed by atoms with Gasteiger partial charge in [-0.15, -0.1) is 0 Å². The first-order chi connectivity index (χ1) is 8.69. The molecule has 0 fully saturated rings. The van der Waals surface area contributed by atoms with Crippen LogP contribution in [-0.4, -0.2) is 35.6 Å². The highest BCUT2D eigenvalue weighted by molar-refractivity contribution is 8.00. The number of rotatable bonds is 5. The number of thioether (sulfide) groups is 1. The number of halogens is 3. The Bertz CT molecular complexity index is 432. The van der Waals surface area contributed by atoms with E-state index in [0.717, 1.165) is 0 Å². The zero-order valence-corrected chi connectivity index (χ0v) is 11.3. The van der Waals surface area contributed by atoms with Crippen molar-refractivity contribution in [1.29, 1.82) is 0 Å². The summed E-state index contributed by atoms with van der Waals surface area (Å²) >= 11 is -0.186. The number of alkyl halides is 3. The Morgan fingerprint density at radius 1 is 1.32 bits per heavy atom. The van der Waals surface area contributed by atoms with E-state index in [-0.39, 0.29) is 29.1 Å².